The number of aryl methyl sites for hydroxylation is 1. The summed E-state index contributed by atoms with van der Waals surface area (Å²) in [5.74, 6) is 6.13. The molecule has 0 radical (unpaired) electrons. The maximum atomic E-state index is 5.39. The van der Waals surface area contributed by atoms with Crippen LogP contribution in [0, 0.1) is 18.8 Å². The molecule has 0 aromatic carbocycles. The number of hydrogen-bond donors (Lipinski definition) is 2. The molecule has 0 aliphatic rings. The molecule has 1 aromatic rings. The van der Waals surface area contributed by atoms with Gasteiger partial charge in [0, 0.05) is 19.2 Å². The fraction of sp³-hybridized carbons (Fsp3) is 0.333. The molecule has 0 saturated heterocycles. The summed E-state index contributed by atoms with van der Waals surface area (Å²) in [4.78, 5) is 7.84. The molecule has 68 valence electrons. The average molecular weight is 176 g/mol. The van der Waals surface area contributed by atoms with Gasteiger partial charge < -0.3 is 11.5 Å². The van der Waals surface area contributed by atoms with E-state index in [-0.39, 0.29) is 5.95 Å². The predicted molar refractivity (Wildman–Crippen MR) is 51.7 cm³/mol. The molecule has 4 heteroatoms. The minimum Gasteiger partial charge on any atom is -0.368 e. The van der Waals surface area contributed by atoms with Crippen LogP contribution in [0.1, 0.15) is 17.7 Å². The molecule has 13 heavy (non-hydrogen) atoms. The number of nitrogens with two attached hydrogens (primary N) is 2. The second-order valence-corrected chi connectivity index (χ2v) is 2.57. The van der Waals surface area contributed by atoms with E-state index in [0.29, 0.717) is 13.0 Å². The topological polar surface area (TPSA) is 77.8 Å². The molecule has 1 heterocycles. The molecular weight excluding hydrogens is 164 g/mol. The molecule has 0 fully saturated rings. The maximum absolute atomic E-state index is 5.39. The Hall–Kier alpha value is -1.60. The van der Waals surface area contributed by atoms with E-state index in [1.807, 2.05) is 6.92 Å². The fourth-order valence-corrected chi connectivity index (χ4v) is 0.838. The number of hydrogen-bond acceptors (Lipinski definition) is 4. The van der Waals surface area contributed by atoms with Gasteiger partial charge in [0.25, 0.3) is 0 Å². The Morgan fingerprint density at radius 1 is 1.54 bits per heavy atom. The third-order valence-corrected chi connectivity index (χ3v) is 1.49. The predicted octanol–water partition coefficient (Wildman–Crippen LogP) is 0.0675. The quantitative estimate of drug-likeness (QED) is 0.593. The number of anilines is 1. The second kappa shape index (κ2) is 4.43. The Morgan fingerprint density at radius 3 is 2.92 bits per heavy atom. The van der Waals surface area contributed by atoms with Crippen LogP contribution in [0.4, 0.5) is 5.95 Å². The van der Waals surface area contributed by atoms with Crippen molar-refractivity contribution in [1.29, 1.82) is 0 Å². The molecule has 4 N–H and O–H groups in total. The summed E-state index contributed by atoms with van der Waals surface area (Å²) in [5.41, 5.74) is 12.3. The van der Waals surface area contributed by atoms with Gasteiger partial charge in [-0.1, -0.05) is 11.8 Å². The highest BCUT2D eigenvalue weighted by atomic mass is 15.0. The smallest absolute Gasteiger partial charge is 0.220 e. The molecule has 0 spiro atoms. The van der Waals surface area contributed by atoms with Crippen LogP contribution >= 0.6 is 0 Å². The van der Waals surface area contributed by atoms with E-state index >= 15 is 0 Å². The normalized spacial score (nSPS) is 9.08. The average Bonchev–Trinajstić information content (AvgIpc) is 2.09. The molecule has 4 nitrogen and oxygen atoms in total. The van der Waals surface area contributed by atoms with Gasteiger partial charge in [0.1, 0.15) is 0 Å². The van der Waals surface area contributed by atoms with Crippen molar-refractivity contribution >= 4 is 5.95 Å². The highest BCUT2D eigenvalue weighted by molar-refractivity contribution is 5.37. The van der Waals surface area contributed by atoms with Gasteiger partial charge in [0.05, 0.1) is 11.3 Å². The first-order chi connectivity index (χ1) is 6.24. The van der Waals surface area contributed by atoms with Crippen molar-refractivity contribution in [3.8, 4) is 11.8 Å². The first-order valence-corrected chi connectivity index (χ1v) is 4.02. The van der Waals surface area contributed by atoms with Gasteiger partial charge in [0.2, 0.25) is 5.95 Å². The molecule has 0 bridgehead atoms. The summed E-state index contributed by atoms with van der Waals surface area (Å²) >= 11 is 0. The van der Waals surface area contributed by atoms with Crippen molar-refractivity contribution in [1.82, 2.24) is 9.97 Å². The maximum Gasteiger partial charge on any atom is 0.220 e. The number of aromatic nitrogens is 2. The zero-order valence-corrected chi connectivity index (χ0v) is 7.54. The Balaban J connectivity index is 2.85. The van der Waals surface area contributed by atoms with E-state index in [4.69, 9.17) is 11.5 Å². The van der Waals surface area contributed by atoms with Crippen molar-refractivity contribution in [2.24, 2.45) is 5.73 Å². The lowest BCUT2D eigenvalue weighted by Gasteiger charge is -1.96. The van der Waals surface area contributed by atoms with Crippen molar-refractivity contribution in [3.05, 3.63) is 17.5 Å². The summed E-state index contributed by atoms with van der Waals surface area (Å²) in [6, 6.07) is 0. The van der Waals surface area contributed by atoms with Gasteiger partial charge in [0.15, 0.2) is 0 Å². The largest absolute Gasteiger partial charge is 0.368 e. The Morgan fingerprint density at radius 2 is 2.31 bits per heavy atom. The van der Waals surface area contributed by atoms with Crippen LogP contribution in [-0.2, 0) is 0 Å². The van der Waals surface area contributed by atoms with Gasteiger partial charge in [-0.15, -0.1) is 0 Å². The summed E-state index contributed by atoms with van der Waals surface area (Å²) in [5, 5.41) is 0. The van der Waals surface area contributed by atoms with Crippen molar-refractivity contribution < 1.29 is 0 Å². The van der Waals surface area contributed by atoms with E-state index in [2.05, 4.69) is 21.8 Å². The SMILES string of the molecule is Cc1nc(N)ncc1C#CCCN. The third kappa shape index (κ3) is 2.73. The van der Waals surface area contributed by atoms with Crippen LogP contribution in [0.25, 0.3) is 0 Å². The van der Waals surface area contributed by atoms with E-state index in [1.165, 1.54) is 0 Å². The van der Waals surface area contributed by atoms with Gasteiger partial charge in [-0.2, -0.15) is 0 Å². The third-order valence-electron chi connectivity index (χ3n) is 1.49. The number of rotatable bonds is 1. The molecular formula is C9H12N4. The lowest BCUT2D eigenvalue weighted by molar-refractivity contribution is 1.03. The minimum atomic E-state index is 0.280. The molecule has 1 rings (SSSR count). The monoisotopic (exact) mass is 176 g/mol. The molecule has 0 aliphatic heterocycles. The molecule has 0 unspecified atom stereocenters. The van der Waals surface area contributed by atoms with Crippen LogP contribution in [-0.4, -0.2) is 16.5 Å². The summed E-state index contributed by atoms with van der Waals surface area (Å²) in [6.07, 6.45) is 2.31. The Bertz CT molecular complexity index is 348. The first-order valence-electron chi connectivity index (χ1n) is 4.02. The van der Waals surface area contributed by atoms with E-state index in [9.17, 15) is 0 Å². The van der Waals surface area contributed by atoms with Crippen LogP contribution in [0.3, 0.4) is 0 Å². The lowest BCUT2D eigenvalue weighted by Crippen LogP contribution is -1.98. The summed E-state index contributed by atoms with van der Waals surface area (Å²) in [7, 11) is 0. The molecule has 0 aliphatic carbocycles. The van der Waals surface area contributed by atoms with Gasteiger partial charge in [-0.05, 0) is 6.92 Å². The van der Waals surface area contributed by atoms with Crippen LogP contribution in [0.15, 0.2) is 6.20 Å². The van der Waals surface area contributed by atoms with E-state index < -0.39 is 0 Å². The second-order valence-electron chi connectivity index (χ2n) is 2.57. The molecule has 0 atom stereocenters. The summed E-state index contributed by atoms with van der Waals surface area (Å²) in [6.45, 7) is 2.42. The van der Waals surface area contributed by atoms with Crippen molar-refractivity contribution in [2.45, 2.75) is 13.3 Å². The minimum absolute atomic E-state index is 0.280. The van der Waals surface area contributed by atoms with Crippen molar-refractivity contribution in [2.75, 3.05) is 12.3 Å². The van der Waals surface area contributed by atoms with Gasteiger partial charge >= 0.3 is 0 Å². The zero-order valence-electron chi connectivity index (χ0n) is 7.54. The van der Waals surface area contributed by atoms with Crippen molar-refractivity contribution in [3.63, 3.8) is 0 Å². The Labute approximate surface area is 77.4 Å². The van der Waals surface area contributed by atoms with Gasteiger partial charge in [-0.25, -0.2) is 9.97 Å². The fourth-order valence-electron chi connectivity index (χ4n) is 0.838. The molecule has 1 aromatic heterocycles. The van der Waals surface area contributed by atoms with E-state index in [0.717, 1.165) is 11.3 Å². The standard InChI is InChI=1S/C9H12N4/c1-7-8(4-2-3-5-10)6-12-9(11)13-7/h6H,3,5,10H2,1H3,(H2,11,12,13). The van der Waals surface area contributed by atoms with Crippen LogP contribution in [0.2, 0.25) is 0 Å². The number of nitrogens with zero attached hydrogens (tertiary/aromatic N) is 2. The highest BCUT2D eigenvalue weighted by Crippen LogP contribution is 2.02. The highest BCUT2D eigenvalue weighted by Gasteiger charge is 1.96. The summed E-state index contributed by atoms with van der Waals surface area (Å²) < 4.78 is 0. The Kier molecular flexibility index (Phi) is 3.23. The zero-order chi connectivity index (χ0) is 9.68. The first kappa shape index (κ1) is 9.49. The van der Waals surface area contributed by atoms with E-state index in [1.54, 1.807) is 6.20 Å². The molecule has 0 amide bonds. The van der Waals surface area contributed by atoms with Crippen LogP contribution < -0.4 is 11.5 Å². The molecule has 0 saturated carbocycles. The van der Waals surface area contributed by atoms with Gasteiger partial charge in [-0.3, -0.25) is 0 Å². The van der Waals surface area contributed by atoms with Crippen LogP contribution in [0.5, 0.6) is 0 Å². The number of nitrogen functional groups attached to an aromatic ring is 1. The lowest BCUT2D eigenvalue weighted by atomic mass is 10.2.